The number of aromatic nitrogens is 3. The maximum absolute atomic E-state index is 12.9. The molecule has 0 bridgehead atoms. The molecule has 22 heavy (non-hydrogen) atoms. The molecular formula is C16H20N4OS. The Bertz CT molecular complexity index is 656. The van der Waals surface area contributed by atoms with Gasteiger partial charge in [-0.05, 0) is 43.7 Å². The van der Waals surface area contributed by atoms with E-state index in [9.17, 15) is 4.79 Å². The van der Waals surface area contributed by atoms with Crippen molar-refractivity contribution in [1.82, 2.24) is 19.7 Å². The lowest BCUT2D eigenvalue weighted by Gasteiger charge is -2.33. The lowest BCUT2D eigenvalue weighted by Crippen LogP contribution is -2.41. The summed E-state index contributed by atoms with van der Waals surface area (Å²) in [6.45, 7) is 3.51. The van der Waals surface area contributed by atoms with Gasteiger partial charge in [-0.2, -0.15) is 5.10 Å². The van der Waals surface area contributed by atoms with Crippen molar-refractivity contribution in [2.45, 2.75) is 30.7 Å². The van der Waals surface area contributed by atoms with E-state index in [0.717, 1.165) is 35.4 Å². The average molecular weight is 316 g/mol. The minimum absolute atomic E-state index is 0.123. The first-order valence-corrected chi connectivity index (χ1v) is 8.69. The van der Waals surface area contributed by atoms with Gasteiger partial charge in [-0.3, -0.25) is 4.79 Å². The van der Waals surface area contributed by atoms with Crippen LogP contribution in [0.5, 0.6) is 0 Å². The van der Waals surface area contributed by atoms with E-state index in [4.69, 9.17) is 0 Å². The normalized spacial score (nSPS) is 18.5. The number of piperidine rings is 1. The Morgan fingerprint density at radius 2 is 2.27 bits per heavy atom. The number of nitrogens with zero attached hydrogens (tertiary/aromatic N) is 4. The molecule has 3 rings (SSSR count). The molecule has 1 aromatic carbocycles. The molecule has 2 aromatic rings. The fourth-order valence-electron chi connectivity index (χ4n) is 2.89. The summed E-state index contributed by atoms with van der Waals surface area (Å²) in [5.74, 6) is 0.123. The lowest BCUT2D eigenvalue weighted by molar-refractivity contribution is 0.0671. The Hall–Kier alpha value is -1.82. The van der Waals surface area contributed by atoms with Crippen LogP contribution in [0.15, 0.2) is 35.7 Å². The number of benzene rings is 1. The number of thioether (sulfide) groups is 1. The zero-order valence-corrected chi connectivity index (χ0v) is 13.7. The predicted molar refractivity (Wildman–Crippen MR) is 87.2 cm³/mol. The first-order valence-electron chi connectivity index (χ1n) is 7.47. The topological polar surface area (TPSA) is 51.0 Å². The van der Waals surface area contributed by atoms with Gasteiger partial charge in [-0.25, -0.2) is 9.67 Å². The Morgan fingerprint density at radius 3 is 3.00 bits per heavy atom. The van der Waals surface area contributed by atoms with Gasteiger partial charge in [0.15, 0.2) is 0 Å². The largest absolute Gasteiger partial charge is 0.336 e. The second-order valence-electron chi connectivity index (χ2n) is 5.60. The van der Waals surface area contributed by atoms with Crippen LogP contribution < -0.4 is 0 Å². The molecule has 0 aliphatic carbocycles. The fraction of sp³-hybridized carbons (Fsp3) is 0.438. The molecule has 0 spiro atoms. The third-order valence-corrected chi connectivity index (χ3v) is 4.89. The van der Waals surface area contributed by atoms with E-state index < -0.39 is 0 Å². The fourth-order valence-corrected chi connectivity index (χ4v) is 3.33. The van der Waals surface area contributed by atoms with Gasteiger partial charge >= 0.3 is 0 Å². The lowest BCUT2D eigenvalue weighted by atomic mass is 10.0. The summed E-state index contributed by atoms with van der Waals surface area (Å²) < 4.78 is 1.87. The van der Waals surface area contributed by atoms with E-state index in [1.54, 1.807) is 24.4 Å². The average Bonchev–Trinajstić information content (AvgIpc) is 3.09. The van der Waals surface area contributed by atoms with Crippen LogP contribution in [0.3, 0.4) is 0 Å². The second kappa shape index (κ2) is 6.52. The maximum Gasteiger partial charge on any atom is 0.254 e. The highest BCUT2D eigenvalue weighted by atomic mass is 32.2. The van der Waals surface area contributed by atoms with Crippen molar-refractivity contribution in [3.05, 3.63) is 42.0 Å². The van der Waals surface area contributed by atoms with Crippen molar-refractivity contribution in [3.8, 4) is 0 Å². The van der Waals surface area contributed by atoms with E-state index in [1.165, 1.54) is 0 Å². The molecule has 1 aliphatic rings. The molecule has 1 amide bonds. The van der Waals surface area contributed by atoms with Crippen molar-refractivity contribution in [2.75, 3.05) is 19.3 Å². The predicted octanol–water partition coefficient (Wildman–Crippen LogP) is 2.79. The zero-order valence-electron chi connectivity index (χ0n) is 12.9. The van der Waals surface area contributed by atoms with Gasteiger partial charge in [0.1, 0.15) is 12.7 Å². The summed E-state index contributed by atoms with van der Waals surface area (Å²) in [7, 11) is 0. The summed E-state index contributed by atoms with van der Waals surface area (Å²) in [5.41, 5.74) is 1.84. The van der Waals surface area contributed by atoms with Gasteiger partial charge in [0.2, 0.25) is 0 Å². The molecule has 5 nitrogen and oxygen atoms in total. The highest BCUT2D eigenvalue weighted by molar-refractivity contribution is 7.98. The Balaban J connectivity index is 1.80. The highest BCUT2D eigenvalue weighted by Crippen LogP contribution is 2.25. The van der Waals surface area contributed by atoms with Crippen LogP contribution in [-0.2, 0) is 0 Å². The SMILES string of the molecule is CSc1ccc(C)c(C(=O)N2CCC[C@@H](n3cncn3)C2)c1. The number of carbonyl (C=O) groups is 1. The van der Waals surface area contributed by atoms with E-state index in [0.29, 0.717) is 6.54 Å². The Morgan fingerprint density at radius 1 is 1.41 bits per heavy atom. The summed E-state index contributed by atoms with van der Waals surface area (Å²) in [6, 6.07) is 6.31. The third kappa shape index (κ3) is 3.02. The number of aryl methyl sites for hydroxylation is 1. The molecule has 0 unspecified atom stereocenters. The number of amides is 1. The summed E-state index contributed by atoms with van der Waals surface area (Å²) in [6.07, 6.45) is 7.35. The molecule has 116 valence electrons. The van der Waals surface area contributed by atoms with Gasteiger partial charge in [0, 0.05) is 23.5 Å². The Labute approximate surface area is 134 Å². The standard InChI is InChI=1S/C16H20N4OS/c1-12-5-6-14(22-2)8-15(12)16(21)19-7-3-4-13(9-19)20-11-17-10-18-20/h5-6,8,10-11,13H,3-4,7,9H2,1-2H3/t13-/m1/s1. The van der Waals surface area contributed by atoms with Crippen LogP contribution in [0.1, 0.15) is 34.8 Å². The van der Waals surface area contributed by atoms with Crippen molar-refractivity contribution in [1.29, 1.82) is 0 Å². The van der Waals surface area contributed by atoms with E-state index in [1.807, 2.05) is 34.9 Å². The monoisotopic (exact) mass is 316 g/mol. The van der Waals surface area contributed by atoms with Crippen molar-refractivity contribution in [3.63, 3.8) is 0 Å². The maximum atomic E-state index is 12.9. The zero-order chi connectivity index (χ0) is 15.5. The van der Waals surface area contributed by atoms with Crippen LogP contribution in [0.2, 0.25) is 0 Å². The van der Waals surface area contributed by atoms with Crippen LogP contribution in [0, 0.1) is 6.92 Å². The minimum atomic E-state index is 0.123. The van der Waals surface area contributed by atoms with Gasteiger partial charge in [-0.15, -0.1) is 11.8 Å². The van der Waals surface area contributed by atoms with Gasteiger partial charge in [0.05, 0.1) is 6.04 Å². The number of likely N-dealkylation sites (tertiary alicyclic amines) is 1. The summed E-state index contributed by atoms with van der Waals surface area (Å²) in [5, 5.41) is 4.22. The van der Waals surface area contributed by atoms with Gasteiger partial charge in [-0.1, -0.05) is 6.07 Å². The highest BCUT2D eigenvalue weighted by Gasteiger charge is 2.26. The molecule has 1 aromatic heterocycles. The third-order valence-electron chi connectivity index (χ3n) is 4.17. The summed E-state index contributed by atoms with van der Waals surface area (Å²) >= 11 is 1.66. The molecule has 1 fully saturated rings. The van der Waals surface area contributed by atoms with Crippen molar-refractivity contribution in [2.24, 2.45) is 0 Å². The van der Waals surface area contributed by atoms with Crippen LogP contribution >= 0.6 is 11.8 Å². The van der Waals surface area contributed by atoms with Crippen molar-refractivity contribution >= 4 is 17.7 Å². The minimum Gasteiger partial charge on any atom is -0.336 e. The smallest absolute Gasteiger partial charge is 0.254 e. The van der Waals surface area contributed by atoms with Crippen LogP contribution in [0.25, 0.3) is 0 Å². The molecule has 6 heteroatoms. The molecule has 1 saturated heterocycles. The van der Waals surface area contributed by atoms with Crippen LogP contribution in [0.4, 0.5) is 0 Å². The van der Waals surface area contributed by atoms with E-state index in [2.05, 4.69) is 16.1 Å². The molecule has 1 aliphatic heterocycles. The quantitative estimate of drug-likeness (QED) is 0.817. The van der Waals surface area contributed by atoms with Gasteiger partial charge < -0.3 is 4.90 Å². The number of hydrogen-bond donors (Lipinski definition) is 0. The molecular weight excluding hydrogens is 296 g/mol. The van der Waals surface area contributed by atoms with Crippen molar-refractivity contribution < 1.29 is 4.79 Å². The first-order chi connectivity index (χ1) is 10.7. The number of rotatable bonds is 3. The Kier molecular flexibility index (Phi) is 4.47. The number of carbonyl (C=O) groups excluding carboxylic acids is 1. The van der Waals surface area contributed by atoms with Crippen LogP contribution in [-0.4, -0.2) is 44.9 Å². The van der Waals surface area contributed by atoms with Gasteiger partial charge in [0.25, 0.3) is 5.91 Å². The second-order valence-corrected chi connectivity index (χ2v) is 6.48. The number of hydrogen-bond acceptors (Lipinski definition) is 4. The molecule has 1 atom stereocenters. The molecule has 0 N–H and O–H groups in total. The van der Waals surface area contributed by atoms with E-state index >= 15 is 0 Å². The molecule has 0 saturated carbocycles. The molecule has 0 radical (unpaired) electrons. The molecule has 2 heterocycles. The first kappa shape index (κ1) is 15.1. The van der Waals surface area contributed by atoms with E-state index in [-0.39, 0.29) is 11.9 Å². The summed E-state index contributed by atoms with van der Waals surface area (Å²) in [4.78, 5) is 20.0.